The fourth-order valence-electron chi connectivity index (χ4n) is 6.22. The zero-order valence-electron chi connectivity index (χ0n) is 32.8. The number of benzene rings is 3. The van der Waals surface area contributed by atoms with E-state index < -0.39 is 75.7 Å². The number of hydrogen-bond donors (Lipinski definition) is 3. The molecule has 17 heteroatoms. The molecule has 3 aromatic carbocycles. The van der Waals surface area contributed by atoms with Crippen LogP contribution in [0.25, 0.3) is 0 Å². The number of nitrogens with two attached hydrogens (primary N) is 3. The van der Waals surface area contributed by atoms with E-state index in [1.807, 2.05) is 0 Å². The van der Waals surface area contributed by atoms with Gasteiger partial charge < -0.3 is 30.7 Å². The van der Waals surface area contributed by atoms with E-state index in [4.69, 9.17) is 26.7 Å². The van der Waals surface area contributed by atoms with Gasteiger partial charge in [0.2, 0.25) is 27.6 Å². The maximum Gasteiger partial charge on any atom is 0.355 e. The number of anilines is 1. The van der Waals surface area contributed by atoms with Crippen molar-refractivity contribution in [3.63, 3.8) is 0 Å². The van der Waals surface area contributed by atoms with Gasteiger partial charge in [-0.1, -0.05) is 66.2 Å². The molecule has 16 nitrogen and oxygen atoms in total. The number of sulfonamides is 1. The number of carbonyl (C=O) groups excluding carboxylic acids is 5. The first-order chi connectivity index (χ1) is 26.8. The molecule has 6 N–H and O–H groups in total. The van der Waals surface area contributed by atoms with Crippen molar-refractivity contribution in [2.75, 3.05) is 31.6 Å². The highest BCUT2D eigenvalue weighted by Gasteiger charge is 2.58. The van der Waals surface area contributed by atoms with Gasteiger partial charge in [-0.15, -0.1) is 0 Å². The van der Waals surface area contributed by atoms with Crippen LogP contribution in [0, 0.1) is 12.8 Å². The predicted octanol–water partition coefficient (Wildman–Crippen LogP) is 2.23. The van der Waals surface area contributed by atoms with Crippen molar-refractivity contribution < 1.29 is 41.9 Å². The molecule has 0 bridgehead atoms. The van der Waals surface area contributed by atoms with Crippen LogP contribution in [0.1, 0.15) is 51.2 Å². The number of rotatable bonds is 16. The van der Waals surface area contributed by atoms with Crippen molar-refractivity contribution in [1.82, 2.24) is 9.21 Å². The van der Waals surface area contributed by atoms with Crippen LogP contribution in [-0.4, -0.2) is 97.1 Å². The van der Waals surface area contributed by atoms with Gasteiger partial charge in [-0.3, -0.25) is 29.9 Å². The largest absolute Gasteiger partial charge is 0.461 e. The van der Waals surface area contributed by atoms with Gasteiger partial charge in [-0.25, -0.2) is 13.2 Å². The number of esters is 2. The minimum atomic E-state index is -4.44. The second-order valence-electron chi connectivity index (χ2n) is 14.6. The number of Topliss-reactive ketones (excluding diaryl/α,β-unsaturated/α-hetero) is 1. The Morgan fingerprint density at radius 2 is 1.51 bits per heavy atom. The molecular weight excluding hydrogens is 755 g/mol. The SMILES string of the molecule is Cc1ccc(S(=O)(=O)N(C)[C@@H](CCCN=C(N)N)C(=O)C(N)(C(=O)OC(C)(C)C)N2CCN(c3ccccc3)C(=O)C(CC(=O)OCc3ccccc3)C2=O)cc1. The minimum absolute atomic E-state index is 0.0229. The number of para-hydroxylation sites is 1. The molecule has 306 valence electrons. The molecular formula is C40H51N7O9S. The maximum absolute atomic E-state index is 15.2. The van der Waals surface area contributed by atoms with Gasteiger partial charge in [0, 0.05) is 32.4 Å². The maximum atomic E-state index is 15.2. The molecule has 1 aliphatic heterocycles. The molecule has 1 saturated heterocycles. The van der Waals surface area contributed by atoms with Crippen LogP contribution < -0.4 is 22.1 Å². The van der Waals surface area contributed by atoms with Crippen molar-refractivity contribution in [2.45, 2.75) is 75.8 Å². The van der Waals surface area contributed by atoms with Crippen LogP contribution in [0.3, 0.4) is 0 Å². The summed E-state index contributed by atoms with van der Waals surface area (Å²) < 4.78 is 40.1. The number of carbonyl (C=O) groups is 5. The first-order valence-electron chi connectivity index (χ1n) is 18.3. The molecule has 3 atom stereocenters. The second-order valence-corrected chi connectivity index (χ2v) is 16.6. The normalized spacial score (nSPS) is 16.6. The Balaban J connectivity index is 1.85. The second kappa shape index (κ2) is 18.5. The molecule has 1 heterocycles. The third-order valence-corrected chi connectivity index (χ3v) is 11.1. The van der Waals surface area contributed by atoms with E-state index in [0.717, 1.165) is 21.8 Å². The smallest absolute Gasteiger partial charge is 0.355 e. The summed E-state index contributed by atoms with van der Waals surface area (Å²) in [5.41, 5.74) is 15.5. The van der Waals surface area contributed by atoms with E-state index >= 15 is 4.79 Å². The Kier molecular flexibility index (Phi) is 14.3. The molecule has 0 radical (unpaired) electrons. The van der Waals surface area contributed by atoms with Gasteiger partial charge in [0.05, 0.1) is 17.4 Å². The van der Waals surface area contributed by atoms with Gasteiger partial charge in [0.1, 0.15) is 18.1 Å². The third kappa shape index (κ3) is 10.8. The fraction of sp³-hybridized carbons (Fsp3) is 0.400. The highest BCUT2D eigenvalue weighted by Crippen LogP contribution is 2.31. The van der Waals surface area contributed by atoms with Crippen molar-refractivity contribution >= 4 is 51.2 Å². The lowest BCUT2D eigenvalue weighted by Crippen LogP contribution is -2.73. The Bertz CT molecular complexity index is 2050. The van der Waals surface area contributed by atoms with Gasteiger partial charge in [0.15, 0.2) is 5.96 Å². The summed E-state index contributed by atoms with van der Waals surface area (Å²) in [5, 5.41) is 0. The minimum Gasteiger partial charge on any atom is -0.461 e. The summed E-state index contributed by atoms with van der Waals surface area (Å²) in [7, 11) is -3.29. The summed E-state index contributed by atoms with van der Waals surface area (Å²) in [5.74, 6) is -7.51. The standard InChI is InChI=1S/C40H51N7O9S/c1-27-18-20-30(21-19-27)57(53,54)45(5)32(17-12-22-44-38(41)42)34(49)40(43,37(52)56-39(2,3)4)47-24-23-46(29-15-10-7-11-16-29)35(50)31(36(47)51)25-33(48)55-26-28-13-8-6-9-14-28/h6-11,13-16,18-21,31-32H,12,17,22-26,43H2,1-5H3,(H4,41,42,44)/t31?,32-,40?/m0/s1. The zero-order chi connectivity index (χ0) is 42.1. The van der Waals surface area contributed by atoms with Crippen LogP contribution >= 0.6 is 0 Å². The van der Waals surface area contributed by atoms with Crippen LogP contribution in [-0.2, 0) is 50.1 Å². The first-order valence-corrected chi connectivity index (χ1v) is 19.8. The summed E-state index contributed by atoms with van der Waals surface area (Å²) >= 11 is 0. The molecule has 57 heavy (non-hydrogen) atoms. The monoisotopic (exact) mass is 805 g/mol. The van der Waals surface area contributed by atoms with Crippen molar-refractivity contribution in [2.24, 2.45) is 28.1 Å². The molecule has 0 spiro atoms. The highest BCUT2D eigenvalue weighted by molar-refractivity contribution is 7.89. The lowest BCUT2D eigenvalue weighted by Gasteiger charge is -2.42. The molecule has 2 unspecified atom stereocenters. The number of amides is 2. The topological polar surface area (TPSA) is 238 Å². The van der Waals surface area contributed by atoms with Crippen LogP contribution in [0.4, 0.5) is 5.69 Å². The summed E-state index contributed by atoms with van der Waals surface area (Å²) in [6.07, 6.45) is -0.992. The van der Waals surface area contributed by atoms with Crippen LogP contribution in [0.2, 0.25) is 0 Å². The molecule has 0 aliphatic carbocycles. The average molecular weight is 806 g/mol. The zero-order valence-corrected chi connectivity index (χ0v) is 33.6. The van der Waals surface area contributed by atoms with E-state index in [0.29, 0.717) is 11.3 Å². The van der Waals surface area contributed by atoms with E-state index in [-0.39, 0.29) is 43.4 Å². The lowest BCUT2D eigenvalue weighted by atomic mass is 9.91. The van der Waals surface area contributed by atoms with Crippen LogP contribution in [0.15, 0.2) is 94.8 Å². The van der Waals surface area contributed by atoms with E-state index in [1.54, 1.807) is 79.7 Å². The van der Waals surface area contributed by atoms with Crippen LogP contribution in [0.5, 0.6) is 0 Å². The molecule has 0 aromatic heterocycles. The number of guanidine groups is 1. The number of likely N-dealkylation sites (N-methyl/N-ethyl adjacent to an activating group) is 1. The van der Waals surface area contributed by atoms with Gasteiger partial charge in [0.25, 0.3) is 5.66 Å². The van der Waals surface area contributed by atoms with E-state index in [2.05, 4.69) is 4.99 Å². The Labute approximate surface area is 333 Å². The third-order valence-electron chi connectivity index (χ3n) is 9.24. The Morgan fingerprint density at radius 1 is 0.912 bits per heavy atom. The number of aryl methyl sites for hydroxylation is 1. The molecule has 0 saturated carbocycles. The van der Waals surface area contributed by atoms with Gasteiger partial charge in [-0.2, -0.15) is 4.31 Å². The van der Waals surface area contributed by atoms with E-state index in [9.17, 15) is 27.6 Å². The van der Waals surface area contributed by atoms with Gasteiger partial charge in [-0.05, 0) is 70.4 Å². The molecule has 2 amide bonds. The van der Waals surface area contributed by atoms with Crippen molar-refractivity contribution in [3.05, 3.63) is 96.1 Å². The summed E-state index contributed by atoms with van der Waals surface area (Å²) in [6, 6.07) is 21.3. The van der Waals surface area contributed by atoms with Crippen molar-refractivity contribution in [1.29, 1.82) is 0 Å². The quantitative estimate of drug-likeness (QED) is 0.0621. The summed E-state index contributed by atoms with van der Waals surface area (Å²) in [4.78, 5) is 77.8. The summed E-state index contributed by atoms with van der Waals surface area (Å²) in [6.45, 7) is 5.40. The predicted molar refractivity (Wildman–Crippen MR) is 212 cm³/mol. The molecule has 1 fully saturated rings. The van der Waals surface area contributed by atoms with E-state index in [1.165, 1.54) is 37.8 Å². The number of ether oxygens (including phenoxy) is 2. The fourth-order valence-corrected chi connectivity index (χ4v) is 7.57. The molecule has 3 aromatic rings. The highest BCUT2D eigenvalue weighted by atomic mass is 32.2. The number of aliphatic imine (C=N–C) groups is 1. The molecule has 1 aliphatic rings. The Morgan fingerprint density at radius 3 is 2.09 bits per heavy atom. The number of nitrogens with zero attached hydrogens (tertiary/aromatic N) is 4. The van der Waals surface area contributed by atoms with Crippen molar-refractivity contribution in [3.8, 4) is 0 Å². The lowest BCUT2D eigenvalue weighted by molar-refractivity contribution is -0.179. The first kappa shape index (κ1) is 44.1. The average Bonchev–Trinajstić information content (AvgIpc) is 3.28. The van der Waals surface area contributed by atoms with Gasteiger partial charge >= 0.3 is 11.9 Å². The molecule has 4 rings (SSSR count). The number of hydrogen-bond acceptors (Lipinski definition) is 11. The number of ketones is 1. The Hall–Kier alpha value is -5.65.